The monoisotopic (exact) mass is 1240 g/mol. The molecule has 3 N–H and O–H groups in total. The molecule has 0 radical (unpaired) electrons. The number of fused-ring (bicyclic) bond motifs is 6. The van der Waals surface area contributed by atoms with Gasteiger partial charge < -0.3 is 49.2 Å². The zero-order chi connectivity index (χ0) is 62.0. The van der Waals surface area contributed by atoms with Crippen molar-refractivity contribution in [3.63, 3.8) is 0 Å². The molecular formula is C66H76N8O12S2. The van der Waals surface area contributed by atoms with Gasteiger partial charge in [0.25, 0.3) is 0 Å². The van der Waals surface area contributed by atoms with E-state index < -0.39 is 64.8 Å². The van der Waals surface area contributed by atoms with Gasteiger partial charge in [0.2, 0.25) is 23.6 Å². The average molecular weight is 1240 g/mol. The summed E-state index contributed by atoms with van der Waals surface area (Å²) in [5.41, 5.74) is 2.14. The zero-order valence-electron chi connectivity index (χ0n) is 50.7. The fraction of sp³-hybridized carbons (Fsp3) is 0.485. The van der Waals surface area contributed by atoms with Gasteiger partial charge in [0, 0.05) is 96.2 Å². The lowest BCUT2D eigenvalue weighted by Gasteiger charge is -2.26. The van der Waals surface area contributed by atoms with Crippen LogP contribution in [0.4, 0.5) is 0 Å². The van der Waals surface area contributed by atoms with E-state index in [1.807, 2.05) is 79.2 Å². The molecule has 4 aromatic heterocycles. The number of pyridine rings is 2. The molecule has 6 aromatic rings. The van der Waals surface area contributed by atoms with Gasteiger partial charge in [0.15, 0.2) is 0 Å². The van der Waals surface area contributed by atoms with Crippen LogP contribution in [-0.2, 0) is 33.5 Å². The maximum absolute atomic E-state index is 14.0. The van der Waals surface area contributed by atoms with Crippen LogP contribution in [0.25, 0.3) is 43.2 Å². The number of benzene rings is 2. The molecule has 4 amide bonds. The van der Waals surface area contributed by atoms with E-state index in [-0.39, 0.29) is 42.6 Å². The van der Waals surface area contributed by atoms with Crippen molar-refractivity contribution in [3.8, 4) is 44.4 Å². The molecule has 0 bridgehead atoms. The van der Waals surface area contributed by atoms with Crippen LogP contribution in [0.1, 0.15) is 95.1 Å². The number of nitrogens with zero attached hydrogens (tertiary/aromatic N) is 6. The fourth-order valence-electron chi connectivity index (χ4n) is 13.3. The SMILES string of the molecule is CCOC(=O)[C@@]12C[C@H]1/C=C\CCCCN(C)C(=O)[C@@H]1C[C@H](Oc3cc(-c4nccs4)nc4c(C)c(OC)ccc34)C[C@H]1C(=O)N2.COc1ccc2c(O[C@@H]3C[C@H]4C(=O)N[C@]5(C(=O)O)C[C@H]5/C=C\CCCCN(C)C(=O)[C@@H]4C3)cc(-c3nccs3)nc2c1C. The summed E-state index contributed by atoms with van der Waals surface area (Å²) in [6.07, 6.45) is 18.0. The molecular weight excluding hydrogens is 1160 g/mol. The maximum Gasteiger partial charge on any atom is 0.332 e. The van der Waals surface area contributed by atoms with Gasteiger partial charge in [-0.25, -0.2) is 29.5 Å². The highest BCUT2D eigenvalue weighted by Gasteiger charge is 2.63. The minimum atomic E-state index is -1.32. The fourth-order valence-corrected chi connectivity index (χ4v) is 14.5. The summed E-state index contributed by atoms with van der Waals surface area (Å²) in [6, 6.07) is 11.3. The van der Waals surface area contributed by atoms with Crippen molar-refractivity contribution in [2.45, 2.75) is 121 Å². The number of aliphatic carboxylic acids is 1. The van der Waals surface area contributed by atoms with E-state index in [1.54, 1.807) is 57.4 Å². The Morgan fingerprint density at radius 1 is 0.636 bits per heavy atom. The number of carboxylic acid groups (broad SMARTS) is 1. The summed E-state index contributed by atoms with van der Waals surface area (Å²) in [5.74, 6) is -2.68. The predicted molar refractivity (Wildman–Crippen MR) is 333 cm³/mol. The number of amides is 4. The number of carboxylic acids is 1. The lowest BCUT2D eigenvalue weighted by molar-refractivity contribution is -0.150. The Balaban J connectivity index is 0.000000182. The molecule has 6 heterocycles. The third kappa shape index (κ3) is 12.4. The van der Waals surface area contributed by atoms with Crippen molar-refractivity contribution in [2.24, 2.45) is 35.5 Å². The van der Waals surface area contributed by atoms with Crippen LogP contribution in [0, 0.1) is 49.4 Å². The summed E-state index contributed by atoms with van der Waals surface area (Å²) < 4.78 is 29.9. The highest BCUT2D eigenvalue weighted by Crippen LogP contribution is 2.49. The number of aromatic nitrogens is 4. The number of hydrogen-bond donors (Lipinski definition) is 3. The lowest BCUT2D eigenvalue weighted by Crippen LogP contribution is -2.50. The van der Waals surface area contributed by atoms with Gasteiger partial charge in [0.05, 0.1) is 55.5 Å². The molecule has 88 heavy (non-hydrogen) atoms. The molecule has 4 aliphatic carbocycles. The second-order valence-corrected chi connectivity index (χ2v) is 25.8. The van der Waals surface area contributed by atoms with E-state index in [0.717, 1.165) is 87.2 Å². The smallest absolute Gasteiger partial charge is 0.332 e. The minimum Gasteiger partial charge on any atom is -0.496 e. The highest BCUT2D eigenvalue weighted by atomic mass is 32.1. The van der Waals surface area contributed by atoms with Crippen molar-refractivity contribution in [1.82, 2.24) is 40.4 Å². The van der Waals surface area contributed by atoms with Crippen LogP contribution in [0.5, 0.6) is 23.0 Å². The largest absolute Gasteiger partial charge is 0.496 e. The first-order valence-electron chi connectivity index (χ1n) is 30.4. The van der Waals surface area contributed by atoms with Gasteiger partial charge >= 0.3 is 11.9 Å². The maximum atomic E-state index is 14.0. The van der Waals surface area contributed by atoms with Crippen molar-refractivity contribution in [2.75, 3.05) is 48.0 Å². The second kappa shape index (κ2) is 26.0. The van der Waals surface area contributed by atoms with E-state index in [2.05, 4.69) is 26.7 Å². The van der Waals surface area contributed by atoms with Gasteiger partial charge in [-0.15, -0.1) is 22.7 Å². The van der Waals surface area contributed by atoms with E-state index in [1.165, 1.54) is 22.7 Å². The lowest BCUT2D eigenvalue weighted by atomic mass is 9.93. The molecule has 4 fully saturated rings. The van der Waals surface area contributed by atoms with Crippen molar-refractivity contribution >= 4 is 80.0 Å². The summed E-state index contributed by atoms with van der Waals surface area (Å²) in [6.45, 7) is 7.11. The molecule has 10 atom stereocenters. The Bertz CT molecular complexity index is 3690. The van der Waals surface area contributed by atoms with Crippen molar-refractivity contribution in [3.05, 3.63) is 95.0 Å². The Morgan fingerprint density at radius 3 is 1.51 bits per heavy atom. The number of ether oxygens (including phenoxy) is 5. The number of thiazole rings is 2. The molecule has 0 saturated heterocycles. The molecule has 20 nitrogen and oxygen atoms in total. The van der Waals surface area contributed by atoms with Gasteiger partial charge in [-0.2, -0.15) is 0 Å². The first-order chi connectivity index (χ1) is 42.5. The van der Waals surface area contributed by atoms with Crippen LogP contribution in [-0.4, -0.2) is 142 Å². The number of carbonyl (C=O) groups excluding carboxylic acids is 5. The van der Waals surface area contributed by atoms with E-state index in [9.17, 15) is 33.9 Å². The Labute approximate surface area is 519 Å². The summed E-state index contributed by atoms with van der Waals surface area (Å²) >= 11 is 2.96. The number of carbonyl (C=O) groups is 6. The first-order valence-corrected chi connectivity index (χ1v) is 32.2. The number of hydrogen-bond acceptors (Lipinski definition) is 17. The topological polar surface area (TPSA) is 251 Å². The van der Waals surface area contributed by atoms with Crippen molar-refractivity contribution in [1.29, 1.82) is 0 Å². The molecule has 464 valence electrons. The van der Waals surface area contributed by atoms with Crippen LogP contribution in [0.3, 0.4) is 0 Å². The van der Waals surface area contributed by atoms with Gasteiger partial charge in [0.1, 0.15) is 67.7 Å². The number of nitrogens with one attached hydrogen (secondary N) is 2. The Hall–Kier alpha value is -7.98. The van der Waals surface area contributed by atoms with Crippen LogP contribution in [0.15, 0.2) is 83.9 Å². The molecule has 22 heteroatoms. The van der Waals surface area contributed by atoms with Gasteiger partial charge in [-0.05, 0) is 122 Å². The second-order valence-electron chi connectivity index (χ2n) is 24.0. The number of methoxy groups -OCH3 is 2. The highest BCUT2D eigenvalue weighted by molar-refractivity contribution is 7.13. The summed E-state index contributed by atoms with van der Waals surface area (Å²) in [4.78, 5) is 103. The average Bonchev–Trinajstić information content (AvgIpc) is 1.65. The van der Waals surface area contributed by atoms with Crippen LogP contribution in [0.2, 0.25) is 0 Å². The number of aryl methyl sites for hydroxylation is 2. The zero-order valence-corrected chi connectivity index (χ0v) is 52.4. The molecule has 0 spiro atoms. The quantitative estimate of drug-likeness (QED) is 0.0806. The first kappa shape index (κ1) is 61.7. The molecule has 2 aromatic carbocycles. The van der Waals surface area contributed by atoms with E-state index in [4.69, 9.17) is 33.7 Å². The number of rotatable bonds is 11. The normalized spacial score (nSPS) is 28.0. The molecule has 0 unspecified atom stereocenters. The molecule has 2 aliphatic heterocycles. The standard InChI is InChI=1S/C34H40N4O6S.C32H36N4O6S/c1-5-43-33(41)34-19-21(34)10-8-6-7-9-14-38(3)32(40)25-17-22(16-24(25)30(39)37-34)44-28-18-26(31-35-13-15-45-31)36-29-20(2)27(42-4)12-11-23(28)29;1-18-25(41-3)10-9-21-26(16-24(34-27(18)21)29-33-11-13-43-29)42-20-14-22-23(15-20)30(38)36(2)12-7-5-4-6-8-19-17-32(19,31(39)40)35-28(22)37/h8,10-13,15,18,21-22,24-25H,5-7,9,14,16-17,19H2,1-4H3,(H,37,39);6,8-11,13,16,19-20,22-23H,4-5,7,12,14-15,17H2,1-3H3,(H,35,37)(H,39,40)/b10-8-;8-6-/t21-,22-,24-,25-,34-;19-,20-,22-,23-,32-/m11/s1. The molecule has 12 rings (SSSR count). The molecule has 6 aliphatic rings. The number of allylic oxidation sites excluding steroid dienone is 2. The predicted octanol–water partition coefficient (Wildman–Crippen LogP) is 9.69. The summed E-state index contributed by atoms with van der Waals surface area (Å²) in [5, 5.41) is 22.8. The summed E-state index contributed by atoms with van der Waals surface area (Å²) in [7, 11) is 6.82. The third-order valence-electron chi connectivity index (χ3n) is 18.4. The minimum absolute atomic E-state index is 0.0741. The number of esters is 1. The third-order valence-corrected chi connectivity index (χ3v) is 20.0. The van der Waals surface area contributed by atoms with Crippen LogP contribution >= 0.6 is 22.7 Å². The van der Waals surface area contributed by atoms with E-state index >= 15 is 0 Å². The molecule has 4 saturated carbocycles. The van der Waals surface area contributed by atoms with Crippen molar-refractivity contribution < 1.29 is 57.6 Å². The van der Waals surface area contributed by atoms with E-state index in [0.29, 0.717) is 73.8 Å². The Morgan fingerprint density at radius 2 is 1.08 bits per heavy atom. The van der Waals surface area contributed by atoms with Gasteiger partial charge in [-0.3, -0.25) is 19.2 Å². The Kier molecular flexibility index (Phi) is 18.2. The van der Waals surface area contributed by atoms with Gasteiger partial charge in [-0.1, -0.05) is 24.3 Å². The van der Waals surface area contributed by atoms with Crippen LogP contribution < -0.4 is 29.6 Å².